The van der Waals surface area contributed by atoms with Crippen molar-refractivity contribution in [3.63, 3.8) is 0 Å². The highest BCUT2D eigenvalue weighted by atomic mass is 32.2. The molecule has 0 saturated heterocycles. The number of hydrogen-bond acceptors (Lipinski definition) is 4. The molecule has 1 N–H and O–H groups in total. The number of anilines is 1. The summed E-state index contributed by atoms with van der Waals surface area (Å²) in [7, 11) is -5.27. The molecule has 0 heterocycles. The summed E-state index contributed by atoms with van der Waals surface area (Å²) in [5, 5.41) is 3.15. The molecule has 0 aromatic heterocycles. The fourth-order valence-electron chi connectivity index (χ4n) is 1.56. The van der Waals surface area contributed by atoms with Crippen molar-refractivity contribution in [1.82, 2.24) is 0 Å². The first kappa shape index (κ1) is 17.2. The molecule has 1 aromatic carbocycles. The van der Waals surface area contributed by atoms with Gasteiger partial charge in [0.15, 0.2) is 0 Å². The highest BCUT2D eigenvalue weighted by molar-refractivity contribution is 7.98. The normalized spacial score (nSPS) is 14.1. The van der Waals surface area contributed by atoms with Gasteiger partial charge in [-0.05, 0) is 36.9 Å². The van der Waals surface area contributed by atoms with Gasteiger partial charge in [-0.2, -0.15) is 24.9 Å². The third-order valence-corrected chi connectivity index (χ3v) is 4.94. The van der Waals surface area contributed by atoms with Gasteiger partial charge in [-0.3, -0.25) is 0 Å². The van der Waals surface area contributed by atoms with E-state index in [4.69, 9.17) is 0 Å². The lowest BCUT2D eigenvalue weighted by Crippen LogP contribution is -2.23. The van der Waals surface area contributed by atoms with Crippen LogP contribution >= 0.6 is 11.8 Å². The highest BCUT2D eigenvalue weighted by Gasteiger charge is 2.46. The maximum atomic E-state index is 12.4. The molecule has 1 unspecified atom stereocenters. The summed E-state index contributed by atoms with van der Waals surface area (Å²) >= 11 is 1.66. The minimum atomic E-state index is -5.27. The molecular weight excluding hydrogens is 311 g/mol. The number of nitrogens with one attached hydrogen (secondary N) is 1. The summed E-state index contributed by atoms with van der Waals surface area (Å²) in [6.45, 7) is 2.00. The SMILES string of the molecule is CCC(CSC)Nc1ccc(S(=O)(=O)C(F)(F)F)cc1. The molecule has 0 bridgehead atoms. The highest BCUT2D eigenvalue weighted by Crippen LogP contribution is 2.30. The molecule has 8 heteroatoms. The van der Waals surface area contributed by atoms with Crippen LogP contribution in [0.5, 0.6) is 0 Å². The van der Waals surface area contributed by atoms with Crippen molar-refractivity contribution >= 4 is 27.3 Å². The molecule has 1 aromatic rings. The van der Waals surface area contributed by atoms with Gasteiger partial charge < -0.3 is 5.32 Å². The number of sulfone groups is 1. The Morgan fingerprint density at radius 1 is 1.25 bits per heavy atom. The molecule has 1 rings (SSSR count). The first-order valence-corrected chi connectivity index (χ1v) is 8.77. The monoisotopic (exact) mass is 327 g/mol. The maximum absolute atomic E-state index is 12.4. The lowest BCUT2D eigenvalue weighted by Gasteiger charge is -2.17. The van der Waals surface area contributed by atoms with Crippen LogP contribution in [-0.2, 0) is 9.84 Å². The van der Waals surface area contributed by atoms with Crippen molar-refractivity contribution in [3.8, 4) is 0 Å². The van der Waals surface area contributed by atoms with Gasteiger partial charge in [0.2, 0.25) is 0 Å². The number of hydrogen-bond donors (Lipinski definition) is 1. The summed E-state index contributed by atoms with van der Waals surface area (Å²) in [4.78, 5) is -0.742. The van der Waals surface area contributed by atoms with Crippen molar-refractivity contribution in [1.29, 1.82) is 0 Å². The van der Waals surface area contributed by atoms with E-state index in [1.807, 2.05) is 13.2 Å². The Morgan fingerprint density at radius 3 is 2.20 bits per heavy atom. The van der Waals surface area contributed by atoms with Crippen LogP contribution in [0, 0.1) is 0 Å². The van der Waals surface area contributed by atoms with E-state index in [1.165, 1.54) is 12.1 Å². The Balaban J connectivity index is 2.90. The van der Waals surface area contributed by atoms with Crippen molar-refractivity contribution in [2.24, 2.45) is 0 Å². The predicted octanol–water partition coefficient (Wildman–Crippen LogP) is 3.53. The lowest BCUT2D eigenvalue weighted by atomic mass is 10.2. The fraction of sp³-hybridized carbons (Fsp3) is 0.500. The van der Waals surface area contributed by atoms with Gasteiger partial charge in [0.05, 0.1) is 4.90 Å². The zero-order valence-electron chi connectivity index (χ0n) is 11.1. The van der Waals surface area contributed by atoms with Crippen molar-refractivity contribution in [2.75, 3.05) is 17.3 Å². The van der Waals surface area contributed by atoms with E-state index < -0.39 is 20.2 Å². The molecule has 0 saturated carbocycles. The first-order valence-electron chi connectivity index (χ1n) is 5.89. The maximum Gasteiger partial charge on any atom is 0.501 e. The zero-order chi connectivity index (χ0) is 15.4. The van der Waals surface area contributed by atoms with Crippen LogP contribution < -0.4 is 5.32 Å². The van der Waals surface area contributed by atoms with Gasteiger partial charge in [-0.15, -0.1) is 0 Å². The molecule has 0 amide bonds. The molecule has 20 heavy (non-hydrogen) atoms. The van der Waals surface area contributed by atoms with Gasteiger partial charge in [0.25, 0.3) is 9.84 Å². The summed E-state index contributed by atoms with van der Waals surface area (Å²) in [5.41, 5.74) is -4.67. The van der Waals surface area contributed by atoms with Crippen LogP contribution in [0.3, 0.4) is 0 Å². The lowest BCUT2D eigenvalue weighted by molar-refractivity contribution is -0.0436. The third-order valence-electron chi connectivity index (χ3n) is 2.70. The van der Waals surface area contributed by atoms with Gasteiger partial charge in [-0.25, -0.2) is 8.42 Å². The molecule has 0 spiro atoms. The quantitative estimate of drug-likeness (QED) is 0.868. The average Bonchev–Trinajstić information content (AvgIpc) is 2.37. The van der Waals surface area contributed by atoms with Crippen LogP contribution in [0.25, 0.3) is 0 Å². The van der Waals surface area contributed by atoms with E-state index in [0.29, 0.717) is 5.69 Å². The van der Waals surface area contributed by atoms with Gasteiger partial charge >= 0.3 is 5.51 Å². The summed E-state index contributed by atoms with van der Waals surface area (Å²) < 4.78 is 59.5. The molecule has 114 valence electrons. The minimum absolute atomic E-state index is 0.190. The number of alkyl halides is 3. The average molecular weight is 327 g/mol. The molecule has 0 aliphatic rings. The zero-order valence-corrected chi connectivity index (χ0v) is 12.7. The largest absolute Gasteiger partial charge is 0.501 e. The Labute approximate surface area is 120 Å². The number of thioether (sulfide) groups is 1. The van der Waals surface area contributed by atoms with Crippen molar-refractivity contribution in [3.05, 3.63) is 24.3 Å². The van der Waals surface area contributed by atoms with Crippen LogP contribution in [0.2, 0.25) is 0 Å². The second-order valence-corrected chi connectivity index (χ2v) is 7.03. The van der Waals surface area contributed by atoms with Gasteiger partial charge in [0.1, 0.15) is 0 Å². The smallest absolute Gasteiger partial charge is 0.381 e. The number of benzene rings is 1. The van der Waals surface area contributed by atoms with E-state index in [0.717, 1.165) is 24.3 Å². The van der Waals surface area contributed by atoms with Crippen molar-refractivity contribution in [2.45, 2.75) is 29.8 Å². The predicted molar refractivity (Wildman–Crippen MR) is 75.8 cm³/mol. The van der Waals surface area contributed by atoms with E-state index in [1.54, 1.807) is 11.8 Å². The second-order valence-electron chi connectivity index (χ2n) is 4.18. The molecule has 0 aliphatic heterocycles. The summed E-state index contributed by atoms with van der Waals surface area (Å²) in [5.74, 6) is 0.860. The van der Waals surface area contributed by atoms with Gasteiger partial charge in [-0.1, -0.05) is 6.92 Å². The van der Waals surface area contributed by atoms with Crippen molar-refractivity contribution < 1.29 is 21.6 Å². The van der Waals surface area contributed by atoms with Crippen LogP contribution in [-0.4, -0.2) is 32.0 Å². The van der Waals surface area contributed by atoms with E-state index >= 15 is 0 Å². The molecule has 3 nitrogen and oxygen atoms in total. The molecular formula is C12H16F3NO2S2. The Bertz CT molecular complexity index is 527. The van der Waals surface area contributed by atoms with E-state index in [9.17, 15) is 21.6 Å². The standard InChI is InChI=1S/C12H16F3NO2S2/c1-3-9(8-19-2)16-10-4-6-11(7-5-10)20(17,18)12(13,14)15/h4-7,9,16H,3,8H2,1-2H3. The Morgan fingerprint density at radius 2 is 1.80 bits per heavy atom. The Hall–Kier alpha value is -0.890. The van der Waals surface area contributed by atoms with Gasteiger partial charge in [0, 0.05) is 17.5 Å². The third kappa shape index (κ3) is 4.05. The summed E-state index contributed by atoms with van der Waals surface area (Å²) in [6, 6.07) is 4.83. The molecule has 0 radical (unpaired) electrons. The van der Waals surface area contributed by atoms with Crippen LogP contribution in [0.1, 0.15) is 13.3 Å². The van der Waals surface area contributed by atoms with Crippen LogP contribution in [0.4, 0.5) is 18.9 Å². The van der Waals surface area contributed by atoms with E-state index in [2.05, 4.69) is 5.32 Å². The molecule has 1 atom stereocenters. The summed E-state index contributed by atoms with van der Waals surface area (Å²) in [6.07, 6.45) is 2.83. The second kappa shape index (κ2) is 6.71. The molecule has 0 fully saturated rings. The van der Waals surface area contributed by atoms with Crippen LogP contribution in [0.15, 0.2) is 29.2 Å². The minimum Gasteiger partial charge on any atom is -0.381 e. The fourth-order valence-corrected chi connectivity index (χ4v) is 3.05. The Kier molecular flexibility index (Phi) is 5.76. The number of halogens is 3. The topological polar surface area (TPSA) is 46.2 Å². The van der Waals surface area contributed by atoms with E-state index in [-0.39, 0.29) is 6.04 Å². The number of rotatable bonds is 6. The first-order chi connectivity index (χ1) is 9.22. The molecule has 0 aliphatic carbocycles.